The number of nitrogens with one attached hydrogen (secondary N) is 2. The van der Waals surface area contributed by atoms with E-state index < -0.39 is 16.9 Å². The maximum Gasteiger partial charge on any atom is 0.310 e. The number of fused-ring (bicyclic) bond motifs is 4. The molecule has 3 atom stereocenters. The molecule has 296 valence electrons. The molecular weight excluding hydrogens is 753 g/mol. The van der Waals surface area contributed by atoms with E-state index in [1.165, 1.54) is 5.56 Å². The number of aromatic nitrogens is 1. The number of carboxylic acid groups (broad SMARTS) is 1. The van der Waals surface area contributed by atoms with Gasteiger partial charge < -0.3 is 30.0 Å². The summed E-state index contributed by atoms with van der Waals surface area (Å²) in [4.78, 5) is 35.9. The molecule has 56 heavy (non-hydrogen) atoms. The number of pyridine rings is 1. The number of aliphatic carboxylic acids is 1. The van der Waals surface area contributed by atoms with Crippen LogP contribution in [-0.2, 0) is 32.8 Å². The summed E-state index contributed by atoms with van der Waals surface area (Å²) in [7, 11) is 3.23. The largest absolute Gasteiger partial charge is 0.481 e. The molecule has 4 fully saturated rings. The van der Waals surface area contributed by atoms with Crippen LogP contribution in [0, 0.1) is 5.41 Å². The number of aliphatic imine (C=N–C) groups is 1. The van der Waals surface area contributed by atoms with E-state index in [1.54, 1.807) is 14.2 Å². The highest BCUT2D eigenvalue weighted by molar-refractivity contribution is 6.34. The lowest BCUT2D eigenvalue weighted by Crippen LogP contribution is -2.56. The molecule has 1 saturated carbocycles. The molecule has 4 aliphatic heterocycles. The van der Waals surface area contributed by atoms with Gasteiger partial charge in [-0.15, -0.1) is 0 Å². The SMILES string of the molecule is COC1=NC(C)(c2cccc(-c3cccc4c3CC[C@@H]4Oc3nc(OC)c(CN4CC5(C(=O)O)CCC4CC5)cc3Cl)c2Cl)CC=C1CNC[C@@H]1CCC(=O)N1. The maximum absolute atomic E-state index is 12.2. The Morgan fingerprint density at radius 2 is 1.82 bits per heavy atom. The van der Waals surface area contributed by atoms with E-state index in [4.69, 9.17) is 47.4 Å². The Labute approximate surface area is 337 Å². The van der Waals surface area contributed by atoms with Gasteiger partial charge in [0.2, 0.25) is 23.6 Å². The molecule has 1 amide bonds. The van der Waals surface area contributed by atoms with Gasteiger partial charge in [0.05, 0.1) is 30.2 Å². The van der Waals surface area contributed by atoms with E-state index >= 15 is 0 Å². The molecule has 2 aliphatic carbocycles. The molecule has 3 aromatic rings. The molecule has 0 radical (unpaired) electrons. The topological polar surface area (TPSA) is 135 Å². The molecule has 2 aromatic carbocycles. The molecule has 1 aromatic heterocycles. The second-order valence-corrected chi connectivity index (χ2v) is 16.9. The van der Waals surface area contributed by atoms with Crippen molar-refractivity contribution in [1.82, 2.24) is 20.5 Å². The number of nitrogens with zero attached hydrogens (tertiary/aromatic N) is 3. The number of ether oxygens (including phenoxy) is 3. The zero-order chi connectivity index (χ0) is 39.2. The van der Waals surface area contributed by atoms with Gasteiger partial charge in [0.25, 0.3) is 0 Å². The van der Waals surface area contributed by atoms with E-state index in [2.05, 4.69) is 46.7 Å². The van der Waals surface area contributed by atoms with Crippen LogP contribution >= 0.6 is 23.2 Å². The third kappa shape index (κ3) is 7.27. The highest BCUT2D eigenvalue weighted by Crippen LogP contribution is 2.48. The molecule has 2 bridgehead atoms. The van der Waals surface area contributed by atoms with E-state index in [-0.39, 0.29) is 18.1 Å². The predicted octanol–water partition coefficient (Wildman–Crippen LogP) is 7.42. The second-order valence-electron chi connectivity index (χ2n) is 16.1. The van der Waals surface area contributed by atoms with Crippen molar-refractivity contribution in [3.8, 4) is 22.9 Å². The van der Waals surface area contributed by atoms with Gasteiger partial charge >= 0.3 is 5.97 Å². The van der Waals surface area contributed by atoms with Crippen LogP contribution in [0.4, 0.5) is 0 Å². The highest BCUT2D eigenvalue weighted by Gasteiger charge is 2.49. The fraction of sp³-hybridized carbons (Fsp3) is 0.488. The Bertz CT molecular complexity index is 2100. The molecule has 6 aliphatic rings. The lowest BCUT2D eigenvalue weighted by Gasteiger charge is -2.50. The molecule has 5 heterocycles. The number of carbonyl (C=O) groups excluding carboxylic acids is 1. The van der Waals surface area contributed by atoms with Crippen molar-refractivity contribution in [2.24, 2.45) is 10.4 Å². The maximum atomic E-state index is 12.2. The summed E-state index contributed by atoms with van der Waals surface area (Å²) in [6.07, 6.45) is 8.70. The van der Waals surface area contributed by atoms with Crippen LogP contribution in [0.5, 0.6) is 11.8 Å². The standard InChI is InChI=1S/C43H49Cl2N5O6/c1-42(17-14-25(39(49-42)55-3)21-46-22-27-10-13-36(51)47-27)33-9-5-8-32(37(33)45)29-6-4-7-31-30(29)11-12-35(31)56-40-34(44)20-26(38(48-40)54-2)23-50-24-43(41(52)53)18-15-28(50)16-19-43/h4-9,14,20,27-28,35,46H,10-13,15-19,21-24H2,1-3H3,(H,47,51)(H,52,53)/t27-,28?,35-,42?,43?/m0/s1. The minimum atomic E-state index is -0.708. The van der Waals surface area contributed by atoms with Crippen LogP contribution in [0.25, 0.3) is 11.1 Å². The first-order valence-corrected chi connectivity index (χ1v) is 20.4. The fourth-order valence-corrected chi connectivity index (χ4v) is 10.1. The number of dihydropyridines is 1. The molecule has 1 unspecified atom stereocenters. The average molecular weight is 803 g/mol. The highest BCUT2D eigenvalue weighted by atomic mass is 35.5. The third-order valence-electron chi connectivity index (χ3n) is 12.6. The van der Waals surface area contributed by atoms with Crippen molar-refractivity contribution in [3.05, 3.63) is 86.4 Å². The minimum Gasteiger partial charge on any atom is -0.481 e. The van der Waals surface area contributed by atoms with Crippen molar-refractivity contribution in [3.63, 3.8) is 0 Å². The van der Waals surface area contributed by atoms with E-state index in [9.17, 15) is 14.7 Å². The van der Waals surface area contributed by atoms with Gasteiger partial charge in [-0.2, -0.15) is 4.98 Å². The predicted molar refractivity (Wildman–Crippen MR) is 216 cm³/mol. The number of carbonyl (C=O) groups is 2. The van der Waals surface area contributed by atoms with Crippen LogP contribution in [-0.4, -0.2) is 78.7 Å². The Hall–Kier alpha value is -4.16. The molecule has 0 spiro atoms. The quantitative estimate of drug-likeness (QED) is 0.171. The zero-order valence-electron chi connectivity index (χ0n) is 32.1. The molecule has 13 heteroatoms. The summed E-state index contributed by atoms with van der Waals surface area (Å²) < 4.78 is 18.1. The van der Waals surface area contributed by atoms with Crippen molar-refractivity contribution in [2.45, 2.75) is 95.0 Å². The van der Waals surface area contributed by atoms with E-state index in [0.717, 1.165) is 78.3 Å². The number of hydrogen-bond acceptors (Lipinski definition) is 9. The summed E-state index contributed by atoms with van der Waals surface area (Å²) in [6.45, 7) is 4.40. The number of amides is 1. The summed E-state index contributed by atoms with van der Waals surface area (Å²) in [5, 5.41) is 17.5. The van der Waals surface area contributed by atoms with Gasteiger partial charge in [-0.1, -0.05) is 65.7 Å². The first-order valence-electron chi connectivity index (χ1n) is 19.6. The number of benzene rings is 2. The molecule has 3 saturated heterocycles. The number of piperidine rings is 2. The van der Waals surface area contributed by atoms with Gasteiger partial charge in [-0.25, -0.2) is 4.99 Å². The first kappa shape index (κ1) is 38.7. The van der Waals surface area contributed by atoms with E-state index in [0.29, 0.717) is 72.8 Å². The van der Waals surface area contributed by atoms with Gasteiger partial charge in [-0.3, -0.25) is 14.5 Å². The third-order valence-corrected chi connectivity index (χ3v) is 13.3. The molecule has 3 N–H and O–H groups in total. The van der Waals surface area contributed by atoms with E-state index in [1.807, 2.05) is 24.3 Å². The van der Waals surface area contributed by atoms with Gasteiger partial charge in [-0.05, 0) is 86.6 Å². The van der Waals surface area contributed by atoms with Crippen LogP contribution in [0.1, 0.15) is 86.6 Å². The minimum absolute atomic E-state index is 0.108. The Morgan fingerprint density at radius 1 is 1.04 bits per heavy atom. The van der Waals surface area contributed by atoms with Crippen LogP contribution in [0.3, 0.4) is 0 Å². The second kappa shape index (κ2) is 15.6. The van der Waals surface area contributed by atoms with Gasteiger partial charge in [0, 0.05) is 61.4 Å². The van der Waals surface area contributed by atoms with Crippen LogP contribution in [0.2, 0.25) is 10.0 Å². The number of carboxylic acids is 1. The summed E-state index contributed by atoms with van der Waals surface area (Å²) >= 11 is 14.2. The van der Waals surface area contributed by atoms with Crippen molar-refractivity contribution < 1.29 is 28.9 Å². The van der Waals surface area contributed by atoms with Crippen LogP contribution in [0.15, 0.2) is 59.1 Å². The smallest absolute Gasteiger partial charge is 0.310 e. The Kier molecular flexibility index (Phi) is 10.8. The lowest BCUT2D eigenvalue weighted by molar-refractivity contribution is -0.160. The van der Waals surface area contributed by atoms with Crippen molar-refractivity contribution >= 4 is 41.0 Å². The number of hydrogen-bond donors (Lipinski definition) is 3. The summed E-state index contributed by atoms with van der Waals surface area (Å²) in [6, 6.07) is 14.7. The summed E-state index contributed by atoms with van der Waals surface area (Å²) in [5.74, 6) is 0.712. The molecule has 11 nitrogen and oxygen atoms in total. The van der Waals surface area contributed by atoms with Crippen LogP contribution < -0.4 is 20.1 Å². The van der Waals surface area contributed by atoms with Gasteiger partial charge in [0.15, 0.2) is 0 Å². The fourth-order valence-electron chi connectivity index (χ4n) is 9.49. The summed E-state index contributed by atoms with van der Waals surface area (Å²) in [5.41, 5.74) is 5.62. The monoisotopic (exact) mass is 801 g/mol. The normalized spacial score (nSPS) is 27.0. The zero-order valence-corrected chi connectivity index (χ0v) is 33.6. The number of halogens is 2. The Morgan fingerprint density at radius 3 is 2.55 bits per heavy atom. The lowest BCUT2D eigenvalue weighted by atomic mass is 9.67. The Balaban J connectivity index is 0.990. The van der Waals surface area contributed by atoms with Gasteiger partial charge in [0.1, 0.15) is 11.1 Å². The van der Waals surface area contributed by atoms with Crippen molar-refractivity contribution in [2.75, 3.05) is 33.9 Å². The molecular formula is C43H49Cl2N5O6. The average Bonchev–Trinajstić information content (AvgIpc) is 3.82. The number of rotatable bonds is 12. The van der Waals surface area contributed by atoms with Crippen molar-refractivity contribution in [1.29, 1.82) is 0 Å². The molecule has 9 rings (SSSR count). The first-order chi connectivity index (χ1) is 27.0. The number of methoxy groups -OCH3 is 2.